The minimum atomic E-state index is -0.344. The van der Waals surface area contributed by atoms with E-state index >= 15 is 0 Å². The fraction of sp³-hybridized carbons (Fsp3) is 0.333. The molecule has 0 unspecified atom stereocenters. The molecule has 0 saturated heterocycles. The van der Waals surface area contributed by atoms with Gasteiger partial charge in [-0.05, 0) is 38.1 Å². The Morgan fingerprint density at radius 2 is 2.05 bits per heavy atom. The summed E-state index contributed by atoms with van der Waals surface area (Å²) in [6.45, 7) is 3.71. The molecule has 0 fully saturated rings. The highest BCUT2D eigenvalue weighted by atomic mass is 16.3. The standard InChI is InChI=1S/C15H19N3O3/c1-9(2)17-14(19)8-18(3)15(20)13-7-10-6-11(16)4-5-12(10)21-13/h4-7,9H,8,16H2,1-3H3,(H,17,19). The highest BCUT2D eigenvalue weighted by Gasteiger charge is 2.19. The summed E-state index contributed by atoms with van der Waals surface area (Å²) in [5.41, 5.74) is 6.89. The number of benzene rings is 1. The number of hydrogen-bond acceptors (Lipinski definition) is 4. The van der Waals surface area contributed by atoms with Gasteiger partial charge in [-0.15, -0.1) is 0 Å². The zero-order valence-electron chi connectivity index (χ0n) is 12.3. The minimum Gasteiger partial charge on any atom is -0.451 e. The zero-order valence-corrected chi connectivity index (χ0v) is 12.3. The molecule has 2 aromatic rings. The Morgan fingerprint density at radius 3 is 2.71 bits per heavy atom. The third kappa shape index (κ3) is 3.53. The van der Waals surface area contributed by atoms with Gasteiger partial charge in [0.15, 0.2) is 5.76 Å². The van der Waals surface area contributed by atoms with Gasteiger partial charge in [0.05, 0.1) is 6.54 Å². The van der Waals surface area contributed by atoms with Gasteiger partial charge in [0.25, 0.3) is 5.91 Å². The van der Waals surface area contributed by atoms with E-state index in [1.54, 1.807) is 31.3 Å². The lowest BCUT2D eigenvalue weighted by molar-refractivity contribution is -0.122. The number of nitrogens with zero attached hydrogens (tertiary/aromatic N) is 1. The fourth-order valence-corrected chi connectivity index (χ4v) is 2.01. The summed E-state index contributed by atoms with van der Waals surface area (Å²) >= 11 is 0. The van der Waals surface area contributed by atoms with Crippen molar-refractivity contribution in [3.05, 3.63) is 30.0 Å². The highest BCUT2D eigenvalue weighted by Crippen LogP contribution is 2.22. The third-order valence-electron chi connectivity index (χ3n) is 2.93. The summed E-state index contributed by atoms with van der Waals surface area (Å²) in [6, 6.07) is 6.83. The lowest BCUT2D eigenvalue weighted by atomic mass is 10.2. The van der Waals surface area contributed by atoms with Crippen molar-refractivity contribution in [1.29, 1.82) is 0 Å². The van der Waals surface area contributed by atoms with Crippen molar-refractivity contribution >= 4 is 28.5 Å². The van der Waals surface area contributed by atoms with E-state index in [0.29, 0.717) is 11.3 Å². The number of amides is 2. The normalized spacial score (nSPS) is 10.9. The molecule has 21 heavy (non-hydrogen) atoms. The van der Waals surface area contributed by atoms with Gasteiger partial charge in [-0.3, -0.25) is 9.59 Å². The molecule has 0 radical (unpaired) electrons. The van der Waals surface area contributed by atoms with Crippen LogP contribution in [0.3, 0.4) is 0 Å². The molecule has 2 rings (SSSR count). The Hall–Kier alpha value is -2.50. The maximum absolute atomic E-state index is 12.2. The lowest BCUT2D eigenvalue weighted by Gasteiger charge is -2.16. The molecule has 6 nitrogen and oxygen atoms in total. The predicted molar refractivity (Wildman–Crippen MR) is 80.9 cm³/mol. The molecule has 0 saturated carbocycles. The summed E-state index contributed by atoms with van der Waals surface area (Å²) in [4.78, 5) is 25.2. The maximum Gasteiger partial charge on any atom is 0.289 e. The van der Waals surface area contributed by atoms with E-state index < -0.39 is 0 Å². The van der Waals surface area contributed by atoms with Gasteiger partial charge in [-0.2, -0.15) is 0 Å². The Kier molecular flexibility index (Phi) is 4.16. The fourth-order valence-electron chi connectivity index (χ4n) is 2.01. The molecular weight excluding hydrogens is 270 g/mol. The Morgan fingerprint density at radius 1 is 1.33 bits per heavy atom. The number of carbonyl (C=O) groups excluding carboxylic acids is 2. The quantitative estimate of drug-likeness (QED) is 0.837. The van der Waals surface area contributed by atoms with Crippen LogP contribution >= 0.6 is 0 Å². The number of rotatable bonds is 4. The van der Waals surface area contributed by atoms with E-state index in [1.807, 2.05) is 13.8 Å². The van der Waals surface area contributed by atoms with Crippen LogP contribution in [0.4, 0.5) is 5.69 Å². The van der Waals surface area contributed by atoms with E-state index in [1.165, 1.54) is 4.90 Å². The maximum atomic E-state index is 12.2. The van der Waals surface area contributed by atoms with Crippen molar-refractivity contribution in [2.24, 2.45) is 0 Å². The lowest BCUT2D eigenvalue weighted by Crippen LogP contribution is -2.40. The average Bonchev–Trinajstić information content (AvgIpc) is 2.79. The Balaban J connectivity index is 2.12. The van der Waals surface area contributed by atoms with Gasteiger partial charge in [-0.1, -0.05) is 0 Å². The third-order valence-corrected chi connectivity index (χ3v) is 2.93. The van der Waals surface area contributed by atoms with Crippen LogP contribution in [0.2, 0.25) is 0 Å². The van der Waals surface area contributed by atoms with Crippen molar-refractivity contribution in [1.82, 2.24) is 10.2 Å². The number of fused-ring (bicyclic) bond motifs is 1. The van der Waals surface area contributed by atoms with Gasteiger partial charge in [0.1, 0.15) is 5.58 Å². The van der Waals surface area contributed by atoms with Crippen LogP contribution in [0, 0.1) is 0 Å². The van der Waals surface area contributed by atoms with Crippen LogP contribution in [0.1, 0.15) is 24.4 Å². The van der Waals surface area contributed by atoms with Gasteiger partial charge < -0.3 is 20.4 Å². The minimum absolute atomic E-state index is 0.0177. The van der Waals surface area contributed by atoms with Gasteiger partial charge in [0.2, 0.25) is 5.91 Å². The van der Waals surface area contributed by atoms with Crippen LogP contribution in [0.15, 0.2) is 28.7 Å². The van der Waals surface area contributed by atoms with Crippen molar-refractivity contribution < 1.29 is 14.0 Å². The molecule has 112 valence electrons. The summed E-state index contributed by atoms with van der Waals surface area (Å²) in [6.07, 6.45) is 0. The topological polar surface area (TPSA) is 88.6 Å². The summed E-state index contributed by atoms with van der Waals surface area (Å²) in [5.74, 6) is -0.361. The number of likely N-dealkylation sites (N-methyl/N-ethyl adjacent to an activating group) is 1. The van der Waals surface area contributed by atoms with E-state index in [-0.39, 0.29) is 30.2 Å². The molecule has 0 aliphatic rings. The smallest absolute Gasteiger partial charge is 0.289 e. The molecule has 3 N–H and O–H groups in total. The van der Waals surface area contributed by atoms with Crippen molar-refractivity contribution in [2.45, 2.75) is 19.9 Å². The molecule has 1 aromatic carbocycles. The van der Waals surface area contributed by atoms with Gasteiger partial charge in [-0.25, -0.2) is 0 Å². The molecule has 6 heteroatoms. The number of hydrogen-bond donors (Lipinski definition) is 2. The molecule has 2 amide bonds. The second-order valence-corrected chi connectivity index (χ2v) is 5.29. The van der Waals surface area contributed by atoms with Crippen molar-refractivity contribution in [2.75, 3.05) is 19.3 Å². The van der Waals surface area contributed by atoms with Crippen LogP contribution in [0.25, 0.3) is 11.0 Å². The second-order valence-electron chi connectivity index (χ2n) is 5.29. The molecule has 0 aliphatic carbocycles. The first-order chi connectivity index (χ1) is 9.86. The summed E-state index contributed by atoms with van der Waals surface area (Å²) in [7, 11) is 1.56. The van der Waals surface area contributed by atoms with Crippen LogP contribution in [-0.2, 0) is 4.79 Å². The number of furan rings is 1. The molecule has 0 atom stereocenters. The molecule has 1 heterocycles. The first kappa shape index (κ1) is 14.9. The van der Waals surface area contributed by atoms with Crippen molar-refractivity contribution in [3.8, 4) is 0 Å². The second kappa shape index (κ2) is 5.87. The molecule has 0 aliphatic heterocycles. The monoisotopic (exact) mass is 289 g/mol. The molecule has 0 spiro atoms. The van der Waals surface area contributed by atoms with E-state index in [9.17, 15) is 9.59 Å². The summed E-state index contributed by atoms with van der Waals surface area (Å²) < 4.78 is 5.49. The van der Waals surface area contributed by atoms with E-state index in [2.05, 4.69) is 5.32 Å². The molecule has 1 aromatic heterocycles. The van der Waals surface area contributed by atoms with Crippen LogP contribution < -0.4 is 11.1 Å². The number of anilines is 1. The average molecular weight is 289 g/mol. The zero-order chi connectivity index (χ0) is 15.6. The van der Waals surface area contributed by atoms with E-state index in [0.717, 1.165) is 5.39 Å². The number of nitrogens with one attached hydrogen (secondary N) is 1. The Labute approximate surface area is 122 Å². The molecule has 0 bridgehead atoms. The number of nitrogens with two attached hydrogens (primary N) is 1. The first-order valence-electron chi connectivity index (χ1n) is 6.70. The number of nitrogen functional groups attached to an aromatic ring is 1. The van der Waals surface area contributed by atoms with Crippen LogP contribution in [0.5, 0.6) is 0 Å². The van der Waals surface area contributed by atoms with Gasteiger partial charge in [0, 0.05) is 24.2 Å². The highest BCUT2D eigenvalue weighted by molar-refractivity contribution is 5.98. The van der Waals surface area contributed by atoms with Gasteiger partial charge >= 0.3 is 0 Å². The largest absolute Gasteiger partial charge is 0.451 e. The summed E-state index contributed by atoms with van der Waals surface area (Å²) in [5, 5.41) is 3.50. The number of carbonyl (C=O) groups is 2. The van der Waals surface area contributed by atoms with E-state index in [4.69, 9.17) is 10.2 Å². The SMILES string of the molecule is CC(C)NC(=O)CN(C)C(=O)c1cc2cc(N)ccc2o1. The first-order valence-corrected chi connectivity index (χ1v) is 6.70. The van der Waals surface area contributed by atoms with Crippen molar-refractivity contribution in [3.63, 3.8) is 0 Å². The predicted octanol–water partition coefficient (Wildman–Crippen LogP) is 1.61. The van der Waals surface area contributed by atoms with Crippen LogP contribution in [-0.4, -0.2) is 36.3 Å². The molecular formula is C15H19N3O3. The Bertz CT molecular complexity index is 676.